The van der Waals surface area contributed by atoms with Crippen molar-refractivity contribution in [2.75, 3.05) is 7.11 Å². The largest absolute Gasteiger partial charge is 0.475 e. The molecule has 2 rings (SSSR count). The van der Waals surface area contributed by atoms with Gasteiger partial charge in [0.1, 0.15) is 5.58 Å². The maximum atomic E-state index is 11.0. The zero-order valence-corrected chi connectivity index (χ0v) is 9.98. The lowest BCUT2D eigenvalue weighted by atomic mass is 10.0. The van der Waals surface area contributed by atoms with Gasteiger partial charge in [-0.25, -0.2) is 4.79 Å². The van der Waals surface area contributed by atoms with Crippen LogP contribution in [-0.2, 0) is 4.74 Å². The third kappa shape index (κ3) is 1.80. The maximum absolute atomic E-state index is 11.0. The highest BCUT2D eigenvalue weighted by Crippen LogP contribution is 2.32. The second-order valence-corrected chi connectivity index (χ2v) is 3.96. The molecule has 4 heteroatoms. The maximum Gasteiger partial charge on any atom is 0.372 e. The topological polar surface area (TPSA) is 59.7 Å². The molecular weight excluding hydrogens is 220 g/mol. The molecule has 1 atom stereocenters. The number of furan rings is 1. The molecule has 1 aromatic carbocycles. The van der Waals surface area contributed by atoms with E-state index in [1.807, 2.05) is 19.1 Å². The van der Waals surface area contributed by atoms with Gasteiger partial charge in [0, 0.05) is 18.1 Å². The molecule has 0 saturated heterocycles. The van der Waals surface area contributed by atoms with Crippen molar-refractivity contribution in [2.45, 2.75) is 20.0 Å². The van der Waals surface area contributed by atoms with Crippen LogP contribution in [0, 0.1) is 6.92 Å². The van der Waals surface area contributed by atoms with Crippen LogP contribution < -0.4 is 0 Å². The van der Waals surface area contributed by atoms with E-state index in [0.717, 1.165) is 10.9 Å². The zero-order chi connectivity index (χ0) is 12.6. The summed E-state index contributed by atoms with van der Waals surface area (Å²) < 4.78 is 10.6. The molecule has 17 heavy (non-hydrogen) atoms. The summed E-state index contributed by atoms with van der Waals surface area (Å²) in [5, 5.41) is 9.86. The van der Waals surface area contributed by atoms with Crippen LogP contribution in [0.3, 0.4) is 0 Å². The van der Waals surface area contributed by atoms with Crippen molar-refractivity contribution < 1.29 is 19.1 Å². The monoisotopic (exact) mass is 234 g/mol. The van der Waals surface area contributed by atoms with Crippen molar-refractivity contribution in [1.82, 2.24) is 0 Å². The van der Waals surface area contributed by atoms with Gasteiger partial charge < -0.3 is 14.3 Å². The lowest BCUT2D eigenvalue weighted by Crippen LogP contribution is -1.98. The van der Waals surface area contributed by atoms with E-state index >= 15 is 0 Å². The molecule has 1 unspecified atom stereocenters. The number of ether oxygens (including phenoxy) is 1. The molecule has 0 fully saturated rings. The van der Waals surface area contributed by atoms with E-state index < -0.39 is 5.97 Å². The Bertz CT molecular complexity index is 568. The fraction of sp³-hybridized carbons (Fsp3) is 0.308. The van der Waals surface area contributed by atoms with Crippen LogP contribution in [0.25, 0.3) is 11.0 Å². The lowest BCUT2D eigenvalue weighted by Gasteiger charge is -2.10. The molecule has 0 spiro atoms. The van der Waals surface area contributed by atoms with Gasteiger partial charge in [-0.3, -0.25) is 0 Å². The average molecular weight is 234 g/mol. The van der Waals surface area contributed by atoms with Gasteiger partial charge in [0.25, 0.3) is 0 Å². The van der Waals surface area contributed by atoms with Gasteiger partial charge in [0.05, 0.1) is 6.10 Å². The zero-order valence-electron chi connectivity index (χ0n) is 9.98. The van der Waals surface area contributed by atoms with Crippen LogP contribution in [0.4, 0.5) is 0 Å². The summed E-state index contributed by atoms with van der Waals surface area (Å²) in [5.74, 6) is -1.05. The van der Waals surface area contributed by atoms with Gasteiger partial charge in [0.15, 0.2) is 0 Å². The quantitative estimate of drug-likeness (QED) is 0.886. The number of methoxy groups -OCH3 is 1. The molecule has 0 aliphatic carbocycles. The standard InChI is InChI=1S/C13H14O4/c1-7-11-9(8(2)16-3)5-4-6-10(11)17-12(7)13(14)15/h4-6,8H,1-3H3,(H,14,15). The third-order valence-corrected chi connectivity index (χ3v) is 2.97. The van der Waals surface area contributed by atoms with E-state index in [1.165, 1.54) is 0 Å². The summed E-state index contributed by atoms with van der Waals surface area (Å²) in [6.45, 7) is 3.67. The molecule has 1 aromatic heterocycles. The summed E-state index contributed by atoms with van der Waals surface area (Å²) >= 11 is 0. The second-order valence-electron chi connectivity index (χ2n) is 3.96. The summed E-state index contributed by atoms with van der Waals surface area (Å²) in [5.41, 5.74) is 2.17. The summed E-state index contributed by atoms with van der Waals surface area (Å²) in [4.78, 5) is 11.0. The van der Waals surface area contributed by atoms with Crippen molar-refractivity contribution in [3.05, 3.63) is 35.1 Å². The molecule has 1 N–H and O–H groups in total. The number of carboxylic acids is 1. The Kier molecular flexibility index (Phi) is 2.90. The number of carboxylic acid groups (broad SMARTS) is 1. The van der Waals surface area contributed by atoms with Gasteiger partial charge >= 0.3 is 5.97 Å². The number of carbonyl (C=O) groups is 1. The normalized spacial score (nSPS) is 12.9. The molecule has 1 heterocycles. The first kappa shape index (κ1) is 11.7. The van der Waals surface area contributed by atoms with E-state index in [4.69, 9.17) is 14.3 Å². The molecule has 0 bridgehead atoms. The number of benzene rings is 1. The van der Waals surface area contributed by atoms with Crippen LogP contribution in [0.2, 0.25) is 0 Å². The predicted octanol–water partition coefficient (Wildman–Crippen LogP) is 3.15. The second kappa shape index (κ2) is 4.22. The molecule has 0 aliphatic rings. The van der Waals surface area contributed by atoms with Crippen molar-refractivity contribution in [1.29, 1.82) is 0 Å². The van der Waals surface area contributed by atoms with Crippen molar-refractivity contribution in [3.63, 3.8) is 0 Å². The fourth-order valence-corrected chi connectivity index (χ4v) is 2.00. The molecule has 0 radical (unpaired) electrons. The minimum atomic E-state index is -1.05. The highest BCUT2D eigenvalue weighted by atomic mass is 16.5. The number of fused-ring (bicyclic) bond motifs is 1. The highest BCUT2D eigenvalue weighted by Gasteiger charge is 2.20. The first-order valence-electron chi connectivity index (χ1n) is 5.34. The average Bonchev–Trinajstić information content (AvgIpc) is 2.66. The van der Waals surface area contributed by atoms with Crippen LogP contribution in [-0.4, -0.2) is 18.2 Å². The molecule has 4 nitrogen and oxygen atoms in total. The first-order valence-corrected chi connectivity index (χ1v) is 5.34. The Labute approximate surface area is 98.8 Å². The Morgan fingerprint density at radius 2 is 2.18 bits per heavy atom. The third-order valence-electron chi connectivity index (χ3n) is 2.97. The summed E-state index contributed by atoms with van der Waals surface area (Å²) in [6, 6.07) is 5.52. The molecule has 0 amide bonds. The van der Waals surface area contributed by atoms with Crippen molar-refractivity contribution in [2.24, 2.45) is 0 Å². The molecule has 0 aliphatic heterocycles. The number of hydrogen-bond donors (Lipinski definition) is 1. The van der Waals surface area contributed by atoms with Crippen LogP contribution in [0.5, 0.6) is 0 Å². The molecular formula is C13H14O4. The Morgan fingerprint density at radius 3 is 2.76 bits per heavy atom. The van der Waals surface area contributed by atoms with Gasteiger partial charge in [-0.05, 0) is 25.5 Å². The van der Waals surface area contributed by atoms with E-state index in [2.05, 4.69) is 0 Å². The number of aromatic carboxylic acids is 1. The van der Waals surface area contributed by atoms with Gasteiger partial charge in [-0.2, -0.15) is 0 Å². The number of hydrogen-bond acceptors (Lipinski definition) is 3. The van der Waals surface area contributed by atoms with Crippen LogP contribution in [0.1, 0.15) is 34.7 Å². The van der Waals surface area contributed by atoms with E-state index in [1.54, 1.807) is 20.1 Å². The van der Waals surface area contributed by atoms with Gasteiger partial charge in [0.2, 0.25) is 5.76 Å². The molecule has 2 aromatic rings. The van der Waals surface area contributed by atoms with E-state index in [-0.39, 0.29) is 11.9 Å². The van der Waals surface area contributed by atoms with E-state index in [0.29, 0.717) is 11.1 Å². The van der Waals surface area contributed by atoms with Crippen molar-refractivity contribution >= 4 is 16.9 Å². The summed E-state index contributed by atoms with van der Waals surface area (Å²) in [6.07, 6.45) is -0.100. The van der Waals surface area contributed by atoms with Crippen LogP contribution in [0.15, 0.2) is 22.6 Å². The lowest BCUT2D eigenvalue weighted by molar-refractivity contribution is 0.0664. The molecule has 90 valence electrons. The van der Waals surface area contributed by atoms with Crippen molar-refractivity contribution in [3.8, 4) is 0 Å². The Morgan fingerprint density at radius 1 is 1.47 bits per heavy atom. The smallest absolute Gasteiger partial charge is 0.372 e. The highest BCUT2D eigenvalue weighted by molar-refractivity contribution is 5.96. The Balaban J connectivity index is 2.75. The number of aryl methyl sites for hydroxylation is 1. The number of rotatable bonds is 3. The van der Waals surface area contributed by atoms with Gasteiger partial charge in [-0.15, -0.1) is 0 Å². The minimum Gasteiger partial charge on any atom is -0.475 e. The minimum absolute atomic E-state index is 0.00393. The summed E-state index contributed by atoms with van der Waals surface area (Å²) in [7, 11) is 1.62. The molecule has 0 saturated carbocycles. The Hall–Kier alpha value is -1.81. The first-order chi connectivity index (χ1) is 8.06. The fourth-order valence-electron chi connectivity index (χ4n) is 2.00. The van der Waals surface area contributed by atoms with Gasteiger partial charge in [-0.1, -0.05) is 12.1 Å². The SMILES string of the molecule is COC(C)c1cccc2oc(C(=O)O)c(C)c12. The van der Waals surface area contributed by atoms with E-state index in [9.17, 15) is 4.79 Å². The predicted molar refractivity (Wildman–Crippen MR) is 63.3 cm³/mol. The van der Waals surface area contributed by atoms with Crippen LogP contribution >= 0.6 is 0 Å².